The molecule has 182 valence electrons. The predicted molar refractivity (Wildman–Crippen MR) is 134 cm³/mol. The molecule has 0 bridgehead atoms. The monoisotopic (exact) mass is 505 g/mol. The first-order valence-electron chi connectivity index (χ1n) is 11.6. The zero-order chi connectivity index (χ0) is 24.1. The third kappa shape index (κ3) is 5.66. The Balaban J connectivity index is 1.21. The van der Waals surface area contributed by atoms with Gasteiger partial charge in [-0.25, -0.2) is 4.90 Å². The number of aryl methyl sites for hydroxylation is 1. The molecular weight excluding hydrogens is 477 g/mol. The average molecular weight is 506 g/mol. The Morgan fingerprint density at radius 1 is 1.00 bits per heavy atom. The van der Waals surface area contributed by atoms with Crippen molar-refractivity contribution >= 4 is 46.4 Å². The molecule has 4 rings (SSSR count). The molecule has 2 aromatic rings. The lowest BCUT2D eigenvalue weighted by Crippen LogP contribution is -2.46. The highest BCUT2D eigenvalue weighted by Crippen LogP contribution is 2.33. The Bertz CT molecular complexity index is 1040. The van der Waals surface area contributed by atoms with Crippen LogP contribution in [0.1, 0.15) is 24.8 Å². The van der Waals surface area contributed by atoms with Crippen molar-refractivity contribution in [2.45, 2.75) is 25.7 Å². The second-order valence-corrected chi connectivity index (χ2v) is 9.31. The van der Waals surface area contributed by atoms with Crippen LogP contribution in [0.5, 0.6) is 5.75 Å². The topological polar surface area (TPSA) is 73.3 Å². The van der Waals surface area contributed by atoms with Crippen molar-refractivity contribution in [2.75, 3.05) is 55.7 Å². The minimum atomic E-state index is -0.698. The maximum absolute atomic E-state index is 12.2. The molecule has 2 heterocycles. The van der Waals surface area contributed by atoms with Gasteiger partial charge in [-0.1, -0.05) is 35.3 Å². The number of aliphatic hydroxyl groups is 1. The van der Waals surface area contributed by atoms with Crippen molar-refractivity contribution < 1.29 is 19.4 Å². The van der Waals surface area contributed by atoms with E-state index in [0.29, 0.717) is 34.5 Å². The number of rotatable bonds is 8. The summed E-state index contributed by atoms with van der Waals surface area (Å²) in [4.78, 5) is 30.0. The molecule has 0 atom stereocenters. The van der Waals surface area contributed by atoms with Gasteiger partial charge in [-0.15, -0.1) is 0 Å². The average Bonchev–Trinajstić information content (AvgIpc) is 2.85. The predicted octanol–water partition coefficient (Wildman–Crippen LogP) is 3.77. The van der Waals surface area contributed by atoms with Crippen LogP contribution in [0.3, 0.4) is 0 Å². The Morgan fingerprint density at radius 2 is 1.79 bits per heavy atom. The van der Waals surface area contributed by atoms with Crippen LogP contribution in [0.15, 0.2) is 36.4 Å². The first-order chi connectivity index (χ1) is 16.5. The largest absolute Gasteiger partial charge is 0.494 e. The number of ether oxygens (including phenoxy) is 1. The molecule has 0 unspecified atom stereocenters. The van der Waals surface area contributed by atoms with Crippen molar-refractivity contribution in [3.63, 3.8) is 0 Å². The molecule has 1 saturated heterocycles. The van der Waals surface area contributed by atoms with Gasteiger partial charge >= 0.3 is 0 Å². The fourth-order valence-corrected chi connectivity index (χ4v) is 4.88. The Kier molecular flexibility index (Phi) is 8.32. The van der Waals surface area contributed by atoms with Gasteiger partial charge in [0.2, 0.25) is 5.91 Å². The van der Waals surface area contributed by atoms with E-state index in [-0.39, 0.29) is 12.3 Å². The van der Waals surface area contributed by atoms with Crippen LogP contribution >= 0.6 is 23.2 Å². The standard InChI is InChI=1S/C25H29Cl2N3O4/c26-20-4-3-5-21(25(20)27)29-13-11-28(12-14-29)10-1-2-15-34-19-8-6-18-7-9-23(32)30(22(18)16-19)24(33)17-31/h3-6,8,16,31H,1-2,7,9-15,17H2. The molecule has 1 fully saturated rings. The highest BCUT2D eigenvalue weighted by atomic mass is 35.5. The van der Waals surface area contributed by atoms with E-state index in [0.717, 1.165) is 61.7 Å². The highest BCUT2D eigenvalue weighted by molar-refractivity contribution is 6.43. The minimum absolute atomic E-state index is 0.263. The van der Waals surface area contributed by atoms with E-state index in [9.17, 15) is 14.7 Å². The zero-order valence-corrected chi connectivity index (χ0v) is 20.5. The summed E-state index contributed by atoms with van der Waals surface area (Å²) in [6, 6.07) is 11.2. The number of carbonyl (C=O) groups excluding carboxylic acids is 2. The Hall–Kier alpha value is -2.32. The lowest BCUT2D eigenvalue weighted by molar-refractivity contribution is -0.128. The van der Waals surface area contributed by atoms with Gasteiger partial charge < -0.3 is 14.7 Å². The van der Waals surface area contributed by atoms with Gasteiger partial charge in [-0.2, -0.15) is 0 Å². The zero-order valence-electron chi connectivity index (χ0n) is 19.0. The fourth-order valence-electron chi connectivity index (χ4n) is 4.46. The van der Waals surface area contributed by atoms with E-state index >= 15 is 0 Å². The fraction of sp³-hybridized carbons (Fsp3) is 0.440. The maximum Gasteiger partial charge on any atom is 0.259 e. The van der Waals surface area contributed by atoms with E-state index in [1.165, 1.54) is 0 Å². The second-order valence-electron chi connectivity index (χ2n) is 8.53. The molecule has 9 heteroatoms. The molecule has 7 nitrogen and oxygen atoms in total. The lowest BCUT2D eigenvalue weighted by atomic mass is 10.0. The molecule has 0 aliphatic carbocycles. The summed E-state index contributed by atoms with van der Waals surface area (Å²) in [5, 5.41) is 10.4. The summed E-state index contributed by atoms with van der Waals surface area (Å²) in [5.41, 5.74) is 2.42. The molecule has 0 aromatic heterocycles. The molecular formula is C25H29Cl2N3O4. The Morgan fingerprint density at radius 3 is 2.56 bits per heavy atom. The third-order valence-corrected chi connectivity index (χ3v) is 7.13. The number of carbonyl (C=O) groups is 2. The van der Waals surface area contributed by atoms with Crippen molar-refractivity contribution in [2.24, 2.45) is 0 Å². The van der Waals surface area contributed by atoms with Gasteiger partial charge in [0.25, 0.3) is 5.91 Å². The van der Waals surface area contributed by atoms with Gasteiger partial charge in [-0.3, -0.25) is 14.5 Å². The summed E-state index contributed by atoms with van der Waals surface area (Å²) in [6.07, 6.45) is 2.76. The quantitative estimate of drug-likeness (QED) is 0.550. The van der Waals surface area contributed by atoms with E-state index in [1.807, 2.05) is 24.3 Å². The summed E-state index contributed by atoms with van der Waals surface area (Å²) in [5.74, 6) is -0.279. The van der Waals surface area contributed by atoms with E-state index < -0.39 is 12.5 Å². The van der Waals surface area contributed by atoms with Gasteiger partial charge in [0.1, 0.15) is 12.4 Å². The van der Waals surface area contributed by atoms with Crippen LogP contribution < -0.4 is 14.5 Å². The van der Waals surface area contributed by atoms with Crippen molar-refractivity contribution in [1.29, 1.82) is 0 Å². The lowest BCUT2D eigenvalue weighted by Gasteiger charge is -2.36. The van der Waals surface area contributed by atoms with Crippen LogP contribution in [0.4, 0.5) is 11.4 Å². The van der Waals surface area contributed by atoms with Crippen molar-refractivity contribution in [3.8, 4) is 5.75 Å². The molecule has 0 saturated carbocycles. The minimum Gasteiger partial charge on any atom is -0.494 e. The SMILES string of the molecule is O=C(CO)N1C(=O)CCc2ccc(OCCCCN3CCN(c4cccc(Cl)c4Cl)CC3)cc21. The van der Waals surface area contributed by atoms with Gasteiger partial charge in [-0.05, 0) is 49.6 Å². The number of hydrogen-bond acceptors (Lipinski definition) is 6. The first-order valence-corrected chi connectivity index (χ1v) is 12.4. The first kappa shape index (κ1) is 24.8. The van der Waals surface area contributed by atoms with Crippen LogP contribution in [0.2, 0.25) is 10.0 Å². The number of nitrogens with zero attached hydrogens (tertiary/aromatic N) is 3. The number of piperazine rings is 1. The summed E-state index contributed by atoms with van der Waals surface area (Å²) < 4.78 is 5.89. The molecule has 2 amide bonds. The summed E-state index contributed by atoms with van der Waals surface area (Å²) in [7, 11) is 0. The van der Waals surface area contributed by atoms with Crippen molar-refractivity contribution in [1.82, 2.24) is 4.90 Å². The number of hydrogen-bond donors (Lipinski definition) is 1. The summed E-state index contributed by atoms with van der Waals surface area (Å²) in [6.45, 7) is 4.61. The Labute approximate surface area is 209 Å². The molecule has 34 heavy (non-hydrogen) atoms. The molecule has 2 aliphatic rings. The van der Waals surface area contributed by atoms with Crippen LogP contribution in [0.25, 0.3) is 0 Å². The van der Waals surface area contributed by atoms with Gasteiger partial charge in [0, 0.05) is 38.7 Å². The molecule has 2 aromatic carbocycles. The maximum atomic E-state index is 12.2. The number of aliphatic hydroxyl groups excluding tert-OH is 1. The normalized spacial score (nSPS) is 16.5. The smallest absolute Gasteiger partial charge is 0.259 e. The molecule has 0 radical (unpaired) electrons. The number of unbranched alkanes of at least 4 members (excludes halogenated alkanes) is 1. The van der Waals surface area contributed by atoms with E-state index in [2.05, 4.69) is 9.80 Å². The van der Waals surface area contributed by atoms with Crippen molar-refractivity contribution in [3.05, 3.63) is 52.0 Å². The van der Waals surface area contributed by atoms with Crippen LogP contribution in [0, 0.1) is 0 Å². The third-order valence-electron chi connectivity index (χ3n) is 6.32. The number of imide groups is 1. The number of amides is 2. The molecule has 1 N–H and O–H groups in total. The van der Waals surface area contributed by atoms with Gasteiger partial charge in [0.15, 0.2) is 0 Å². The highest BCUT2D eigenvalue weighted by Gasteiger charge is 2.29. The molecule has 2 aliphatic heterocycles. The van der Waals surface area contributed by atoms with E-state index in [4.69, 9.17) is 27.9 Å². The molecule has 0 spiro atoms. The number of fused-ring (bicyclic) bond motifs is 1. The summed E-state index contributed by atoms with van der Waals surface area (Å²) >= 11 is 12.5. The van der Waals surface area contributed by atoms with Crippen LogP contribution in [-0.4, -0.2) is 67.8 Å². The van der Waals surface area contributed by atoms with Crippen LogP contribution in [-0.2, 0) is 16.0 Å². The number of anilines is 2. The number of benzene rings is 2. The van der Waals surface area contributed by atoms with Gasteiger partial charge in [0.05, 0.1) is 28.0 Å². The van der Waals surface area contributed by atoms with E-state index in [1.54, 1.807) is 12.1 Å². The number of halogens is 2. The second kappa shape index (κ2) is 11.4.